The quantitative estimate of drug-likeness (QED) is 0.571. The summed E-state index contributed by atoms with van der Waals surface area (Å²) in [5, 5.41) is 0. The van der Waals surface area contributed by atoms with E-state index in [-0.39, 0.29) is 0 Å². The number of carbonyl (C=O) groups excluding carboxylic acids is 1. The number of aldehydes is 1. The van der Waals surface area contributed by atoms with Crippen LogP contribution in [-0.2, 0) is 0 Å². The molecule has 3 rings (SSSR count). The number of hydrogen-bond donors (Lipinski definition) is 2. The Bertz CT molecular complexity index is 846. The van der Waals surface area contributed by atoms with Gasteiger partial charge in [-0.1, -0.05) is 6.07 Å². The number of pyridine rings is 2. The van der Waals surface area contributed by atoms with Crippen LogP contribution >= 0.6 is 0 Å². The Morgan fingerprint density at radius 1 is 0.958 bits per heavy atom. The maximum absolute atomic E-state index is 10.9. The van der Waals surface area contributed by atoms with Crippen molar-refractivity contribution < 1.29 is 4.79 Å². The number of anilines is 1. The van der Waals surface area contributed by atoms with E-state index < -0.39 is 0 Å². The highest BCUT2D eigenvalue weighted by atomic mass is 16.1. The Morgan fingerprint density at radius 2 is 1.71 bits per heavy atom. The van der Waals surface area contributed by atoms with Crippen LogP contribution in [0.15, 0.2) is 55.0 Å². The number of aryl methyl sites for hydroxylation is 1. The highest BCUT2D eigenvalue weighted by Gasteiger charge is 2.06. The molecular formula is C19H20N4O. The Morgan fingerprint density at radius 3 is 2.46 bits per heavy atom. The zero-order valence-electron chi connectivity index (χ0n) is 13.7. The molecule has 0 amide bonds. The topological polar surface area (TPSA) is 94.9 Å². The molecule has 4 N–H and O–H groups in total. The zero-order chi connectivity index (χ0) is 17.5. The Kier molecular flexibility index (Phi) is 5.76. The third-order valence-corrected chi connectivity index (χ3v) is 3.55. The fourth-order valence-corrected chi connectivity index (χ4v) is 2.39. The molecule has 0 saturated heterocycles. The summed E-state index contributed by atoms with van der Waals surface area (Å²) < 4.78 is 0. The molecule has 0 aliphatic carbocycles. The molecule has 24 heavy (non-hydrogen) atoms. The van der Waals surface area contributed by atoms with E-state index in [1.54, 1.807) is 18.5 Å². The van der Waals surface area contributed by atoms with Gasteiger partial charge in [0.05, 0.1) is 0 Å². The average Bonchev–Trinajstić information content (AvgIpc) is 2.65. The van der Waals surface area contributed by atoms with Crippen LogP contribution < -0.4 is 11.5 Å². The number of nitrogens with zero attached hydrogens (tertiary/aromatic N) is 2. The van der Waals surface area contributed by atoms with Gasteiger partial charge in [-0.25, -0.2) is 0 Å². The van der Waals surface area contributed by atoms with Crippen molar-refractivity contribution in [3.63, 3.8) is 0 Å². The van der Waals surface area contributed by atoms with Crippen molar-refractivity contribution in [2.75, 3.05) is 12.8 Å². The summed E-state index contributed by atoms with van der Waals surface area (Å²) in [7, 11) is 1.50. The van der Waals surface area contributed by atoms with E-state index in [1.165, 1.54) is 7.05 Å². The van der Waals surface area contributed by atoms with Crippen LogP contribution in [0.5, 0.6) is 0 Å². The molecule has 122 valence electrons. The first-order chi connectivity index (χ1) is 11.7. The summed E-state index contributed by atoms with van der Waals surface area (Å²) >= 11 is 0. The molecule has 0 fully saturated rings. The number of nitrogen functional groups attached to an aromatic ring is 1. The van der Waals surface area contributed by atoms with E-state index in [0.717, 1.165) is 39.8 Å². The van der Waals surface area contributed by atoms with Gasteiger partial charge >= 0.3 is 0 Å². The molecule has 5 heteroatoms. The van der Waals surface area contributed by atoms with Gasteiger partial charge in [0.2, 0.25) is 0 Å². The van der Waals surface area contributed by atoms with Gasteiger partial charge < -0.3 is 11.5 Å². The van der Waals surface area contributed by atoms with Gasteiger partial charge in [0.25, 0.3) is 0 Å². The monoisotopic (exact) mass is 320 g/mol. The Balaban J connectivity index is 0.00000100. The lowest BCUT2D eigenvalue weighted by Gasteiger charge is -2.09. The summed E-state index contributed by atoms with van der Waals surface area (Å²) in [6.07, 6.45) is 5.95. The predicted octanol–water partition coefficient (Wildman–Crippen LogP) is 3.09. The van der Waals surface area contributed by atoms with Gasteiger partial charge in [0.15, 0.2) is 6.29 Å². The normalized spacial score (nSPS) is 9.79. The van der Waals surface area contributed by atoms with Crippen molar-refractivity contribution in [2.45, 2.75) is 6.92 Å². The zero-order valence-corrected chi connectivity index (χ0v) is 13.7. The minimum absolute atomic E-state index is 0.406. The first-order valence-electron chi connectivity index (χ1n) is 7.48. The van der Waals surface area contributed by atoms with Crippen molar-refractivity contribution in [2.24, 2.45) is 5.73 Å². The summed E-state index contributed by atoms with van der Waals surface area (Å²) in [4.78, 5) is 19.2. The lowest BCUT2D eigenvalue weighted by molar-refractivity contribution is 0.111. The number of benzene rings is 1. The van der Waals surface area contributed by atoms with Crippen LogP contribution in [0.3, 0.4) is 0 Å². The second-order valence-electron chi connectivity index (χ2n) is 5.12. The van der Waals surface area contributed by atoms with Gasteiger partial charge in [-0.05, 0) is 61.0 Å². The second-order valence-corrected chi connectivity index (χ2v) is 5.12. The first kappa shape index (κ1) is 17.3. The Hall–Kier alpha value is -3.05. The van der Waals surface area contributed by atoms with Crippen molar-refractivity contribution in [1.29, 1.82) is 0 Å². The summed E-state index contributed by atoms with van der Waals surface area (Å²) in [6.45, 7) is 2.04. The van der Waals surface area contributed by atoms with Crippen molar-refractivity contribution in [3.05, 3.63) is 66.2 Å². The maximum atomic E-state index is 10.9. The number of carbonyl (C=O) groups is 1. The van der Waals surface area contributed by atoms with Gasteiger partial charge in [-0.3, -0.25) is 14.8 Å². The first-order valence-corrected chi connectivity index (χ1v) is 7.48. The standard InChI is InChI=1S/C18H15N3O.CH5N/c1-12-2-3-16(19)8-18(12)15-6-14(9-20-10-15)13-4-5-21-17(7-13)11-22;1-2/h2-11H,19H2,1H3;2H2,1H3. The number of aromatic nitrogens is 2. The van der Waals surface area contributed by atoms with Crippen LogP contribution in [0.4, 0.5) is 5.69 Å². The van der Waals surface area contributed by atoms with Crippen LogP contribution in [0.25, 0.3) is 22.3 Å². The summed E-state index contributed by atoms with van der Waals surface area (Å²) in [5.74, 6) is 0. The lowest BCUT2D eigenvalue weighted by atomic mass is 9.98. The number of nitrogens with two attached hydrogens (primary N) is 2. The van der Waals surface area contributed by atoms with Crippen LogP contribution in [0.1, 0.15) is 16.1 Å². The molecule has 2 aromatic heterocycles. The molecule has 3 aromatic rings. The highest BCUT2D eigenvalue weighted by Crippen LogP contribution is 2.28. The third kappa shape index (κ3) is 3.83. The number of rotatable bonds is 3. The van der Waals surface area contributed by atoms with E-state index in [9.17, 15) is 4.79 Å². The minimum Gasteiger partial charge on any atom is -0.399 e. The molecule has 0 atom stereocenters. The molecule has 0 unspecified atom stereocenters. The lowest BCUT2D eigenvalue weighted by Crippen LogP contribution is -1.91. The molecule has 0 aliphatic heterocycles. The van der Waals surface area contributed by atoms with Crippen molar-refractivity contribution >= 4 is 12.0 Å². The van der Waals surface area contributed by atoms with E-state index >= 15 is 0 Å². The minimum atomic E-state index is 0.406. The second kappa shape index (κ2) is 7.99. The fourth-order valence-electron chi connectivity index (χ4n) is 2.39. The number of hydrogen-bond acceptors (Lipinski definition) is 5. The van der Waals surface area contributed by atoms with E-state index in [2.05, 4.69) is 15.7 Å². The molecule has 0 radical (unpaired) electrons. The predicted molar refractivity (Wildman–Crippen MR) is 97.6 cm³/mol. The van der Waals surface area contributed by atoms with E-state index in [4.69, 9.17) is 5.73 Å². The molecule has 2 heterocycles. The van der Waals surface area contributed by atoms with Crippen LogP contribution in [0, 0.1) is 6.92 Å². The van der Waals surface area contributed by atoms with Crippen molar-refractivity contribution in [1.82, 2.24) is 9.97 Å². The molecule has 0 bridgehead atoms. The smallest absolute Gasteiger partial charge is 0.168 e. The van der Waals surface area contributed by atoms with Crippen molar-refractivity contribution in [3.8, 4) is 22.3 Å². The highest BCUT2D eigenvalue weighted by molar-refractivity contribution is 5.78. The van der Waals surface area contributed by atoms with Gasteiger partial charge in [-0.15, -0.1) is 0 Å². The fraction of sp³-hybridized carbons (Fsp3) is 0.105. The molecule has 0 saturated carbocycles. The molecule has 1 aromatic carbocycles. The summed E-state index contributed by atoms with van der Waals surface area (Å²) in [6, 6.07) is 11.5. The summed E-state index contributed by atoms with van der Waals surface area (Å²) in [5.41, 5.74) is 16.5. The van der Waals surface area contributed by atoms with E-state index in [1.807, 2.05) is 43.5 Å². The SMILES string of the molecule is CN.Cc1ccc(N)cc1-c1cncc(-c2ccnc(C=O)c2)c1. The van der Waals surface area contributed by atoms with Gasteiger partial charge in [0, 0.05) is 35.4 Å². The van der Waals surface area contributed by atoms with Crippen LogP contribution in [-0.4, -0.2) is 23.3 Å². The largest absolute Gasteiger partial charge is 0.399 e. The van der Waals surface area contributed by atoms with Gasteiger partial charge in [0.1, 0.15) is 5.69 Å². The average molecular weight is 320 g/mol. The molecule has 0 aliphatic rings. The van der Waals surface area contributed by atoms with Crippen LogP contribution in [0.2, 0.25) is 0 Å². The molecule has 5 nitrogen and oxygen atoms in total. The third-order valence-electron chi connectivity index (χ3n) is 3.55. The molecular weight excluding hydrogens is 300 g/mol. The molecule has 0 spiro atoms. The van der Waals surface area contributed by atoms with E-state index in [0.29, 0.717) is 5.69 Å². The van der Waals surface area contributed by atoms with Gasteiger partial charge in [-0.2, -0.15) is 0 Å². The maximum Gasteiger partial charge on any atom is 0.168 e. The Labute approximate surface area is 141 Å².